The van der Waals surface area contributed by atoms with Crippen molar-refractivity contribution in [1.29, 1.82) is 0 Å². The van der Waals surface area contributed by atoms with Gasteiger partial charge in [-0.2, -0.15) is 11.3 Å². The average molecular weight is 184 g/mol. The number of thiophene rings is 1. The molecule has 1 rings (SSSR count). The van der Waals surface area contributed by atoms with Crippen molar-refractivity contribution in [2.75, 3.05) is 6.54 Å². The van der Waals surface area contributed by atoms with Crippen LogP contribution in [0.3, 0.4) is 0 Å². The quantitative estimate of drug-likeness (QED) is 0.686. The molecule has 0 saturated heterocycles. The lowest BCUT2D eigenvalue weighted by molar-refractivity contribution is 0.592. The standard InChI is InChI=1S/C9H16N2S/c10-5-2-1-3-9(11)8-4-6-12-7-8/h4,6-7,9H,1-3,5,10-11H2/t9-/m0/s1. The number of unbranched alkanes of at least 4 members (excludes halogenated alkanes) is 1. The van der Waals surface area contributed by atoms with Gasteiger partial charge in [0.1, 0.15) is 0 Å². The van der Waals surface area contributed by atoms with Gasteiger partial charge in [-0.3, -0.25) is 0 Å². The van der Waals surface area contributed by atoms with Crippen LogP contribution in [0.1, 0.15) is 30.9 Å². The molecular weight excluding hydrogens is 168 g/mol. The summed E-state index contributed by atoms with van der Waals surface area (Å²) in [6.07, 6.45) is 3.26. The van der Waals surface area contributed by atoms with E-state index in [0.29, 0.717) is 0 Å². The van der Waals surface area contributed by atoms with Crippen molar-refractivity contribution in [3.63, 3.8) is 0 Å². The van der Waals surface area contributed by atoms with Crippen molar-refractivity contribution in [2.24, 2.45) is 11.5 Å². The maximum absolute atomic E-state index is 5.95. The summed E-state index contributed by atoms with van der Waals surface area (Å²) in [5.41, 5.74) is 12.6. The minimum absolute atomic E-state index is 0.211. The number of hydrogen-bond donors (Lipinski definition) is 2. The van der Waals surface area contributed by atoms with Gasteiger partial charge in [-0.25, -0.2) is 0 Å². The van der Waals surface area contributed by atoms with Crippen LogP contribution in [-0.2, 0) is 0 Å². The normalized spacial score (nSPS) is 13.2. The topological polar surface area (TPSA) is 52.0 Å². The Morgan fingerprint density at radius 1 is 1.42 bits per heavy atom. The third-order valence-electron chi connectivity index (χ3n) is 1.94. The Balaban J connectivity index is 2.25. The number of rotatable bonds is 5. The van der Waals surface area contributed by atoms with Gasteiger partial charge >= 0.3 is 0 Å². The number of nitrogens with two attached hydrogens (primary N) is 2. The molecule has 1 heterocycles. The summed E-state index contributed by atoms with van der Waals surface area (Å²) in [6.45, 7) is 0.774. The monoisotopic (exact) mass is 184 g/mol. The average Bonchev–Trinajstić information content (AvgIpc) is 2.56. The van der Waals surface area contributed by atoms with Crippen molar-refractivity contribution in [2.45, 2.75) is 25.3 Å². The summed E-state index contributed by atoms with van der Waals surface area (Å²) < 4.78 is 0. The Hall–Kier alpha value is -0.380. The molecule has 0 radical (unpaired) electrons. The Morgan fingerprint density at radius 3 is 2.83 bits per heavy atom. The molecular formula is C9H16N2S. The van der Waals surface area contributed by atoms with E-state index in [2.05, 4.69) is 16.8 Å². The molecule has 0 amide bonds. The molecule has 1 aromatic heterocycles. The highest BCUT2D eigenvalue weighted by molar-refractivity contribution is 7.07. The SMILES string of the molecule is NCCCC[C@H](N)c1ccsc1. The summed E-state index contributed by atoms with van der Waals surface area (Å²) in [5.74, 6) is 0. The molecule has 0 bridgehead atoms. The van der Waals surface area contributed by atoms with Gasteiger partial charge in [0.05, 0.1) is 0 Å². The van der Waals surface area contributed by atoms with E-state index >= 15 is 0 Å². The van der Waals surface area contributed by atoms with E-state index in [0.717, 1.165) is 25.8 Å². The molecule has 0 fully saturated rings. The molecule has 4 N–H and O–H groups in total. The van der Waals surface area contributed by atoms with Crippen LogP contribution in [0.4, 0.5) is 0 Å². The van der Waals surface area contributed by atoms with E-state index in [1.807, 2.05) is 0 Å². The zero-order valence-corrected chi connectivity index (χ0v) is 8.02. The predicted molar refractivity (Wildman–Crippen MR) is 54.2 cm³/mol. The molecule has 0 aliphatic heterocycles. The zero-order valence-electron chi connectivity index (χ0n) is 7.20. The smallest absolute Gasteiger partial charge is 0.0303 e. The maximum atomic E-state index is 5.95. The van der Waals surface area contributed by atoms with E-state index in [1.54, 1.807) is 11.3 Å². The predicted octanol–water partition coefficient (Wildman–Crippen LogP) is 1.88. The van der Waals surface area contributed by atoms with Crippen LogP contribution in [0.25, 0.3) is 0 Å². The first kappa shape index (κ1) is 9.71. The number of hydrogen-bond acceptors (Lipinski definition) is 3. The first-order valence-electron chi connectivity index (χ1n) is 4.32. The molecule has 0 spiro atoms. The Morgan fingerprint density at radius 2 is 2.25 bits per heavy atom. The molecule has 0 aromatic carbocycles. The van der Waals surface area contributed by atoms with Gasteiger partial charge in [0.15, 0.2) is 0 Å². The van der Waals surface area contributed by atoms with E-state index in [4.69, 9.17) is 11.5 Å². The fourth-order valence-electron chi connectivity index (χ4n) is 1.16. The van der Waals surface area contributed by atoms with Crippen LogP contribution >= 0.6 is 11.3 Å². The maximum Gasteiger partial charge on any atom is 0.0303 e. The van der Waals surface area contributed by atoms with Crippen molar-refractivity contribution in [3.05, 3.63) is 22.4 Å². The Bertz CT molecular complexity index is 196. The molecule has 0 aliphatic rings. The third kappa shape index (κ3) is 2.93. The van der Waals surface area contributed by atoms with Crippen LogP contribution in [0.2, 0.25) is 0 Å². The van der Waals surface area contributed by atoms with Crippen molar-refractivity contribution >= 4 is 11.3 Å². The third-order valence-corrected chi connectivity index (χ3v) is 2.64. The zero-order chi connectivity index (χ0) is 8.81. The fraction of sp³-hybridized carbons (Fsp3) is 0.556. The lowest BCUT2D eigenvalue weighted by atomic mass is 10.1. The van der Waals surface area contributed by atoms with Crippen LogP contribution in [0.5, 0.6) is 0 Å². The lowest BCUT2D eigenvalue weighted by Gasteiger charge is -2.08. The summed E-state index contributed by atoms with van der Waals surface area (Å²) in [6, 6.07) is 2.31. The minimum Gasteiger partial charge on any atom is -0.330 e. The van der Waals surface area contributed by atoms with Gasteiger partial charge in [-0.05, 0) is 41.8 Å². The lowest BCUT2D eigenvalue weighted by Crippen LogP contribution is -2.09. The van der Waals surface area contributed by atoms with Crippen LogP contribution in [-0.4, -0.2) is 6.54 Å². The molecule has 12 heavy (non-hydrogen) atoms. The second-order valence-electron chi connectivity index (χ2n) is 2.95. The van der Waals surface area contributed by atoms with E-state index in [9.17, 15) is 0 Å². The molecule has 1 aromatic rings. The van der Waals surface area contributed by atoms with Gasteiger partial charge in [-0.1, -0.05) is 6.42 Å². The first-order valence-corrected chi connectivity index (χ1v) is 5.26. The molecule has 0 aliphatic carbocycles. The molecule has 68 valence electrons. The molecule has 1 atom stereocenters. The van der Waals surface area contributed by atoms with Gasteiger partial charge in [0, 0.05) is 6.04 Å². The summed E-state index contributed by atoms with van der Waals surface area (Å²) in [4.78, 5) is 0. The molecule has 0 unspecified atom stereocenters. The highest BCUT2D eigenvalue weighted by Gasteiger charge is 2.04. The van der Waals surface area contributed by atoms with Crippen molar-refractivity contribution in [3.8, 4) is 0 Å². The summed E-state index contributed by atoms with van der Waals surface area (Å²) >= 11 is 1.70. The van der Waals surface area contributed by atoms with Gasteiger partial charge in [0.2, 0.25) is 0 Å². The first-order chi connectivity index (χ1) is 5.84. The van der Waals surface area contributed by atoms with Crippen LogP contribution in [0.15, 0.2) is 16.8 Å². The Kier molecular flexibility index (Phi) is 4.29. The minimum atomic E-state index is 0.211. The van der Waals surface area contributed by atoms with Crippen molar-refractivity contribution in [1.82, 2.24) is 0 Å². The van der Waals surface area contributed by atoms with Gasteiger partial charge in [0.25, 0.3) is 0 Å². The van der Waals surface area contributed by atoms with Gasteiger partial charge < -0.3 is 11.5 Å². The Labute approximate surface area is 77.6 Å². The van der Waals surface area contributed by atoms with Crippen molar-refractivity contribution < 1.29 is 0 Å². The highest BCUT2D eigenvalue weighted by Crippen LogP contribution is 2.18. The fourth-order valence-corrected chi connectivity index (χ4v) is 1.89. The van der Waals surface area contributed by atoms with E-state index in [1.165, 1.54) is 5.56 Å². The van der Waals surface area contributed by atoms with Gasteiger partial charge in [-0.15, -0.1) is 0 Å². The summed E-state index contributed by atoms with van der Waals surface area (Å²) in [5, 5.41) is 4.19. The molecule has 3 heteroatoms. The molecule has 2 nitrogen and oxygen atoms in total. The summed E-state index contributed by atoms with van der Waals surface area (Å²) in [7, 11) is 0. The highest BCUT2D eigenvalue weighted by atomic mass is 32.1. The molecule has 0 saturated carbocycles. The van der Waals surface area contributed by atoms with Crippen LogP contribution < -0.4 is 11.5 Å². The van der Waals surface area contributed by atoms with E-state index in [-0.39, 0.29) is 6.04 Å². The second kappa shape index (κ2) is 5.30. The van der Waals surface area contributed by atoms with Crippen LogP contribution in [0, 0.1) is 0 Å². The second-order valence-corrected chi connectivity index (χ2v) is 3.73. The van der Waals surface area contributed by atoms with E-state index < -0.39 is 0 Å². The largest absolute Gasteiger partial charge is 0.330 e.